The maximum absolute atomic E-state index is 13.7. The number of aryl methyl sites for hydroxylation is 2. The predicted molar refractivity (Wildman–Crippen MR) is 265 cm³/mol. The lowest BCUT2D eigenvalue weighted by Crippen LogP contribution is -2.20. The quantitative estimate of drug-likeness (QED) is 0.0740. The van der Waals surface area contributed by atoms with E-state index < -0.39 is 0 Å². The van der Waals surface area contributed by atoms with Crippen LogP contribution in [0.2, 0.25) is 0 Å². The van der Waals surface area contributed by atoms with Crippen LogP contribution in [0.5, 0.6) is 23.0 Å². The number of benzene rings is 4. The van der Waals surface area contributed by atoms with E-state index in [1.54, 1.807) is 0 Å². The Morgan fingerprint density at radius 3 is 1.10 bits per heavy atom. The van der Waals surface area contributed by atoms with Gasteiger partial charge in [-0.3, -0.25) is 9.59 Å². The Kier molecular flexibility index (Phi) is 16.2. The van der Waals surface area contributed by atoms with Gasteiger partial charge >= 0.3 is 11.9 Å². The number of esters is 2. The SMILES string of the molecule is Cc1cc(Cc2cc(C(C)C)cc(C(C)(C)C)c2OC(=O)CCSCCC(=O)Oc2c(Cc3cc(C)cc(C(C)(C)C)c3O)cc(C(C)C)cc2C(C)(C)C)c(O)c(C(C)(C)C)c1. The van der Waals surface area contributed by atoms with Crippen molar-refractivity contribution in [1.82, 2.24) is 0 Å². The predicted octanol–water partition coefficient (Wildman–Crippen LogP) is 14.4. The lowest BCUT2D eigenvalue weighted by Gasteiger charge is -2.27. The molecule has 0 radical (unpaired) electrons. The molecule has 63 heavy (non-hydrogen) atoms. The summed E-state index contributed by atoms with van der Waals surface area (Å²) in [6.45, 7) is 38.1. The second-order valence-electron chi connectivity index (χ2n) is 22.5. The molecule has 344 valence electrons. The van der Waals surface area contributed by atoms with Gasteiger partial charge in [-0.1, -0.05) is 170 Å². The highest BCUT2D eigenvalue weighted by Gasteiger charge is 2.29. The first-order valence-electron chi connectivity index (χ1n) is 22.9. The largest absolute Gasteiger partial charge is 0.507 e. The summed E-state index contributed by atoms with van der Waals surface area (Å²) in [5, 5.41) is 23.1. The summed E-state index contributed by atoms with van der Waals surface area (Å²) in [7, 11) is 0. The minimum atomic E-state index is -0.336. The van der Waals surface area contributed by atoms with Gasteiger partial charge in [0.2, 0.25) is 0 Å². The molecule has 6 nitrogen and oxygen atoms in total. The molecule has 0 atom stereocenters. The van der Waals surface area contributed by atoms with Gasteiger partial charge in [0.1, 0.15) is 23.0 Å². The Balaban J connectivity index is 1.54. The molecule has 0 aliphatic heterocycles. The van der Waals surface area contributed by atoms with Crippen LogP contribution in [-0.4, -0.2) is 33.7 Å². The van der Waals surface area contributed by atoms with Gasteiger partial charge < -0.3 is 19.7 Å². The highest BCUT2D eigenvalue weighted by Crippen LogP contribution is 2.43. The monoisotopic (exact) mass is 879 g/mol. The topological polar surface area (TPSA) is 93.1 Å². The number of phenolic OH excluding ortho intramolecular Hbond substituents is 2. The fourth-order valence-corrected chi connectivity index (χ4v) is 8.81. The van der Waals surface area contributed by atoms with E-state index in [1.165, 1.54) is 11.8 Å². The Morgan fingerprint density at radius 1 is 0.492 bits per heavy atom. The molecular formula is C56H78O6S. The van der Waals surface area contributed by atoms with Gasteiger partial charge in [0, 0.05) is 46.6 Å². The molecule has 0 aliphatic rings. The fourth-order valence-electron chi connectivity index (χ4n) is 7.99. The second-order valence-corrected chi connectivity index (χ2v) is 23.7. The first-order chi connectivity index (χ1) is 28.9. The van der Waals surface area contributed by atoms with Crippen molar-refractivity contribution in [2.45, 2.75) is 184 Å². The summed E-state index contributed by atoms with van der Waals surface area (Å²) in [5.74, 6) is 2.48. The van der Waals surface area contributed by atoms with Crippen LogP contribution in [0.4, 0.5) is 0 Å². The van der Waals surface area contributed by atoms with Gasteiger partial charge in [-0.2, -0.15) is 11.8 Å². The van der Waals surface area contributed by atoms with Gasteiger partial charge in [-0.25, -0.2) is 0 Å². The van der Waals surface area contributed by atoms with E-state index in [9.17, 15) is 19.8 Å². The molecule has 4 aromatic carbocycles. The summed E-state index contributed by atoms with van der Waals surface area (Å²) >= 11 is 1.52. The van der Waals surface area contributed by atoms with Crippen molar-refractivity contribution in [2.75, 3.05) is 11.5 Å². The molecule has 2 N–H and O–H groups in total. The van der Waals surface area contributed by atoms with E-state index >= 15 is 0 Å². The molecule has 0 spiro atoms. The van der Waals surface area contributed by atoms with Gasteiger partial charge in [-0.15, -0.1) is 0 Å². The summed E-state index contributed by atoms with van der Waals surface area (Å²) in [6.07, 6.45) is 1.18. The Morgan fingerprint density at radius 2 is 0.810 bits per heavy atom. The van der Waals surface area contributed by atoms with E-state index in [4.69, 9.17) is 9.47 Å². The number of ether oxygens (including phenoxy) is 2. The first-order valence-corrected chi connectivity index (χ1v) is 24.0. The van der Waals surface area contributed by atoms with Gasteiger partial charge in [0.15, 0.2) is 0 Å². The normalized spacial score (nSPS) is 12.6. The maximum atomic E-state index is 13.7. The van der Waals surface area contributed by atoms with Crippen molar-refractivity contribution >= 4 is 23.7 Å². The van der Waals surface area contributed by atoms with E-state index in [-0.39, 0.29) is 69.8 Å². The van der Waals surface area contributed by atoms with Gasteiger partial charge in [0.05, 0.1) is 12.8 Å². The van der Waals surface area contributed by atoms with E-state index in [2.05, 4.69) is 135 Å². The van der Waals surface area contributed by atoms with Gasteiger partial charge in [0.25, 0.3) is 0 Å². The van der Waals surface area contributed by atoms with Gasteiger partial charge in [-0.05, 0) is 80.7 Å². The van der Waals surface area contributed by atoms with Crippen LogP contribution in [0.15, 0.2) is 48.5 Å². The number of carbonyl (C=O) groups excluding carboxylic acids is 2. The van der Waals surface area contributed by atoms with Crippen LogP contribution < -0.4 is 9.47 Å². The Labute approximate surface area is 385 Å². The first kappa shape index (κ1) is 51.4. The third-order valence-electron chi connectivity index (χ3n) is 11.7. The smallest absolute Gasteiger partial charge is 0.312 e. The molecule has 0 amide bonds. The van der Waals surface area contributed by atoms with Crippen LogP contribution in [0, 0.1) is 13.8 Å². The van der Waals surface area contributed by atoms with Crippen molar-refractivity contribution in [3.05, 3.63) is 115 Å². The maximum Gasteiger partial charge on any atom is 0.312 e. The summed E-state index contributed by atoms with van der Waals surface area (Å²) in [5.41, 5.74) is 10.4. The van der Waals surface area contributed by atoms with Crippen molar-refractivity contribution < 1.29 is 29.3 Å². The molecular weight excluding hydrogens is 801 g/mol. The molecule has 0 fully saturated rings. The average Bonchev–Trinajstić information content (AvgIpc) is 3.13. The number of carbonyl (C=O) groups is 2. The van der Waals surface area contributed by atoms with Crippen molar-refractivity contribution in [1.29, 1.82) is 0 Å². The van der Waals surface area contributed by atoms with Crippen LogP contribution >= 0.6 is 11.8 Å². The highest BCUT2D eigenvalue weighted by atomic mass is 32.2. The summed E-state index contributed by atoms with van der Waals surface area (Å²) < 4.78 is 12.6. The summed E-state index contributed by atoms with van der Waals surface area (Å²) in [6, 6.07) is 16.7. The Bertz CT molecular complexity index is 2120. The molecule has 7 heteroatoms. The summed E-state index contributed by atoms with van der Waals surface area (Å²) in [4.78, 5) is 27.4. The van der Waals surface area contributed by atoms with Crippen molar-refractivity contribution in [2.24, 2.45) is 0 Å². The molecule has 0 bridgehead atoms. The molecule has 4 rings (SSSR count). The van der Waals surface area contributed by atoms with Crippen LogP contribution in [0.1, 0.15) is 202 Å². The van der Waals surface area contributed by atoms with Crippen molar-refractivity contribution in [3.63, 3.8) is 0 Å². The fraction of sp³-hybridized carbons (Fsp3) is 0.536. The number of hydrogen-bond acceptors (Lipinski definition) is 7. The molecule has 0 unspecified atom stereocenters. The number of aromatic hydroxyl groups is 2. The molecule has 0 aromatic heterocycles. The van der Waals surface area contributed by atoms with E-state index in [0.717, 1.165) is 66.8 Å². The minimum Gasteiger partial charge on any atom is -0.507 e. The van der Waals surface area contributed by atoms with Crippen LogP contribution in [0.25, 0.3) is 0 Å². The van der Waals surface area contributed by atoms with Crippen molar-refractivity contribution in [3.8, 4) is 23.0 Å². The van der Waals surface area contributed by atoms with Crippen LogP contribution in [0.3, 0.4) is 0 Å². The standard InChI is InChI=1S/C56H78O6S/c1-33(2)37-27-41(29-39-23-35(5)25-43(49(39)59)53(7,8)9)51(45(31-37)55(13,14)15)61-47(57)19-21-63-22-20-48(58)62-52-42(28-38(34(3)4)32-46(52)56(16,17)18)30-40-24-36(6)26-44(50(40)60)54(10,11)12/h23-28,31-34,59-60H,19-22,29-30H2,1-18H3. The molecule has 0 heterocycles. The zero-order chi connectivity index (χ0) is 47.6. The number of phenols is 2. The molecule has 0 aliphatic carbocycles. The lowest BCUT2D eigenvalue weighted by molar-refractivity contribution is -0.134. The van der Waals surface area contributed by atoms with E-state index in [1.807, 2.05) is 38.1 Å². The zero-order valence-corrected chi connectivity index (χ0v) is 42.8. The van der Waals surface area contributed by atoms with E-state index in [0.29, 0.717) is 35.8 Å². The number of hydrogen-bond donors (Lipinski definition) is 2. The number of thioether (sulfide) groups is 1. The lowest BCUT2D eigenvalue weighted by atomic mass is 9.80. The zero-order valence-electron chi connectivity index (χ0n) is 42.0. The highest BCUT2D eigenvalue weighted by molar-refractivity contribution is 7.99. The third-order valence-corrected chi connectivity index (χ3v) is 12.7. The molecule has 4 aromatic rings. The van der Waals surface area contributed by atoms with Crippen LogP contribution in [-0.2, 0) is 44.1 Å². The average molecular weight is 879 g/mol. The molecule has 0 saturated carbocycles. The minimum absolute atomic E-state index is 0.171. The Hall–Kier alpha value is -4.23. The number of rotatable bonds is 14. The third kappa shape index (κ3) is 13.4. The molecule has 0 saturated heterocycles. The second kappa shape index (κ2) is 19.9.